The van der Waals surface area contributed by atoms with E-state index in [-0.39, 0.29) is 12.0 Å². The fraction of sp³-hybridized carbons (Fsp3) is 0.300. The lowest BCUT2D eigenvalue weighted by Gasteiger charge is -2.11. The number of imidazole rings is 1. The maximum absolute atomic E-state index is 12.3. The maximum atomic E-state index is 12.3. The Labute approximate surface area is 151 Å². The van der Waals surface area contributed by atoms with Crippen LogP contribution in [0.25, 0.3) is 5.65 Å². The van der Waals surface area contributed by atoms with Gasteiger partial charge in [0, 0.05) is 31.1 Å². The summed E-state index contributed by atoms with van der Waals surface area (Å²) in [7, 11) is 0. The lowest BCUT2D eigenvalue weighted by atomic mass is 10.2. The summed E-state index contributed by atoms with van der Waals surface area (Å²) in [6.07, 6.45) is 6.08. The predicted molar refractivity (Wildman–Crippen MR) is 97.3 cm³/mol. The van der Waals surface area contributed by atoms with E-state index in [1.807, 2.05) is 47.1 Å². The fourth-order valence-corrected chi connectivity index (χ4v) is 3.06. The van der Waals surface area contributed by atoms with Crippen LogP contribution in [0.5, 0.6) is 5.75 Å². The molecular formula is C20H21N3O3. The summed E-state index contributed by atoms with van der Waals surface area (Å²) in [5.41, 5.74) is 2.30. The van der Waals surface area contributed by atoms with E-state index in [4.69, 9.17) is 9.47 Å². The van der Waals surface area contributed by atoms with Gasteiger partial charge in [-0.3, -0.25) is 4.79 Å². The average Bonchev–Trinajstić information content (AvgIpc) is 3.33. The van der Waals surface area contributed by atoms with E-state index >= 15 is 0 Å². The summed E-state index contributed by atoms with van der Waals surface area (Å²) < 4.78 is 13.3. The molecule has 1 aliphatic heterocycles. The molecule has 3 heterocycles. The van der Waals surface area contributed by atoms with Crippen LogP contribution in [0.2, 0.25) is 0 Å². The van der Waals surface area contributed by atoms with Crippen molar-refractivity contribution in [3.05, 3.63) is 66.1 Å². The molecule has 26 heavy (non-hydrogen) atoms. The molecule has 1 fully saturated rings. The summed E-state index contributed by atoms with van der Waals surface area (Å²) in [6, 6.07) is 13.0. The molecule has 1 saturated heterocycles. The second-order valence-corrected chi connectivity index (χ2v) is 6.36. The fourth-order valence-electron chi connectivity index (χ4n) is 3.06. The van der Waals surface area contributed by atoms with E-state index in [2.05, 4.69) is 10.3 Å². The van der Waals surface area contributed by atoms with Crippen LogP contribution in [0.4, 0.5) is 0 Å². The van der Waals surface area contributed by atoms with Gasteiger partial charge in [-0.25, -0.2) is 4.98 Å². The number of nitrogens with one attached hydrogen (secondary N) is 1. The first-order valence-corrected chi connectivity index (χ1v) is 8.83. The van der Waals surface area contributed by atoms with E-state index in [0.29, 0.717) is 24.5 Å². The van der Waals surface area contributed by atoms with Gasteiger partial charge in [-0.05, 0) is 43.2 Å². The van der Waals surface area contributed by atoms with Crippen molar-refractivity contribution in [1.82, 2.24) is 14.7 Å². The Morgan fingerprint density at radius 1 is 1.31 bits per heavy atom. The SMILES string of the molecule is O=C(NC[C@@H]1CCCO1)c1cccc(OCc2cn3ccccc3n2)c1. The van der Waals surface area contributed by atoms with Gasteiger partial charge in [-0.1, -0.05) is 12.1 Å². The number of benzene rings is 1. The van der Waals surface area contributed by atoms with Crippen molar-refractivity contribution in [1.29, 1.82) is 0 Å². The van der Waals surface area contributed by atoms with Crippen molar-refractivity contribution in [3.63, 3.8) is 0 Å². The molecule has 2 aromatic heterocycles. The van der Waals surface area contributed by atoms with Gasteiger partial charge in [-0.2, -0.15) is 0 Å². The Balaban J connectivity index is 1.36. The monoisotopic (exact) mass is 351 g/mol. The molecular weight excluding hydrogens is 330 g/mol. The van der Waals surface area contributed by atoms with Crippen LogP contribution in [0.15, 0.2) is 54.9 Å². The van der Waals surface area contributed by atoms with Crippen LogP contribution in [0.3, 0.4) is 0 Å². The number of fused-ring (bicyclic) bond motifs is 1. The van der Waals surface area contributed by atoms with Crippen molar-refractivity contribution in [3.8, 4) is 5.75 Å². The predicted octanol–water partition coefficient (Wildman–Crippen LogP) is 2.82. The van der Waals surface area contributed by atoms with Crippen LogP contribution in [0, 0.1) is 0 Å². The third-order valence-electron chi connectivity index (χ3n) is 4.41. The topological polar surface area (TPSA) is 64.9 Å². The molecule has 1 N–H and O–H groups in total. The average molecular weight is 351 g/mol. The van der Waals surface area contributed by atoms with Gasteiger partial charge in [0.15, 0.2) is 0 Å². The highest BCUT2D eigenvalue weighted by Gasteiger charge is 2.16. The second-order valence-electron chi connectivity index (χ2n) is 6.36. The number of pyridine rings is 1. The number of hydrogen-bond acceptors (Lipinski definition) is 4. The number of amides is 1. The number of ether oxygens (including phenoxy) is 2. The molecule has 0 saturated carbocycles. The Bertz CT molecular complexity index is 867. The van der Waals surface area contributed by atoms with E-state index in [1.165, 1.54) is 0 Å². The molecule has 0 bridgehead atoms. The van der Waals surface area contributed by atoms with Crippen molar-refractivity contribution in [2.45, 2.75) is 25.6 Å². The molecule has 134 valence electrons. The van der Waals surface area contributed by atoms with E-state index in [9.17, 15) is 4.79 Å². The summed E-state index contributed by atoms with van der Waals surface area (Å²) in [6.45, 7) is 1.68. The van der Waals surface area contributed by atoms with Crippen LogP contribution in [-0.4, -0.2) is 34.5 Å². The summed E-state index contributed by atoms with van der Waals surface area (Å²) in [5.74, 6) is 0.533. The van der Waals surface area contributed by atoms with Gasteiger partial charge in [0.1, 0.15) is 18.0 Å². The Morgan fingerprint density at radius 2 is 2.27 bits per heavy atom. The molecule has 0 aliphatic carbocycles. The lowest BCUT2D eigenvalue weighted by molar-refractivity contribution is 0.0857. The molecule has 4 rings (SSSR count). The van der Waals surface area contributed by atoms with Gasteiger partial charge in [0.2, 0.25) is 0 Å². The zero-order valence-corrected chi connectivity index (χ0v) is 14.4. The first-order valence-electron chi connectivity index (χ1n) is 8.83. The summed E-state index contributed by atoms with van der Waals surface area (Å²) in [4.78, 5) is 16.8. The number of hydrogen-bond donors (Lipinski definition) is 1. The first kappa shape index (κ1) is 16.6. The van der Waals surface area contributed by atoms with Crippen LogP contribution < -0.4 is 10.1 Å². The molecule has 0 spiro atoms. The largest absolute Gasteiger partial charge is 0.487 e. The number of nitrogens with zero attached hydrogens (tertiary/aromatic N) is 2. The third kappa shape index (κ3) is 3.86. The molecule has 0 radical (unpaired) electrons. The highest BCUT2D eigenvalue weighted by molar-refractivity contribution is 5.94. The Morgan fingerprint density at radius 3 is 3.12 bits per heavy atom. The molecule has 6 nitrogen and oxygen atoms in total. The number of aromatic nitrogens is 2. The van der Waals surface area contributed by atoms with Crippen molar-refractivity contribution in [2.75, 3.05) is 13.2 Å². The van der Waals surface area contributed by atoms with E-state index in [1.54, 1.807) is 12.1 Å². The molecule has 1 amide bonds. The summed E-state index contributed by atoms with van der Waals surface area (Å²) in [5, 5.41) is 2.92. The number of carbonyl (C=O) groups excluding carboxylic acids is 1. The molecule has 1 aliphatic rings. The van der Waals surface area contributed by atoms with Crippen LogP contribution >= 0.6 is 0 Å². The Kier molecular flexibility index (Phi) is 4.84. The quantitative estimate of drug-likeness (QED) is 0.742. The van der Waals surface area contributed by atoms with Crippen molar-refractivity contribution in [2.24, 2.45) is 0 Å². The van der Waals surface area contributed by atoms with E-state index < -0.39 is 0 Å². The first-order chi connectivity index (χ1) is 12.8. The zero-order chi connectivity index (χ0) is 17.8. The lowest BCUT2D eigenvalue weighted by Crippen LogP contribution is -2.31. The van der Waals surface area contributed by atoms with Gasteiger partial charge < -0.3 is 19.2 Å². The van der Waals surface area contributed by atoms with E-state index in [0.717, 1.165) is 30.8 Å². The minimum absolute atomic E-state index is 0.112. The summed E-state index contributed by atoms with van der Waals surface area (Å²) >= 11 is 0. The molecule has 1 aromatic carbocycles. The molecule has 6 heteroatoms. The van der Waals surface area contributed by atoms with Crippen molar-refractivity contribution >= 4 is 11.6 Å². The minimum Gasteiger partial charge on any atom is -0.487 e. The van der Waals surface area contributed by atoms with Crippen LogP contribution in [0.1, 0.15) is 28.9 Å². The minimum atomic E-state index is -0.112. The zero-order valence-electron chi connectivity index (χ0n) is 14.4. The van der Waals surface area contributed by atoms with Gasteiger partial charge in [-0.15, -0.1) is 0 Å². The highest BCUT2D eigenvalue weighted by Crippen LogP contribution is 2.16. The normalized spacial score (nSPS) is 16.7. The Hall–Kier alpha value is -2.86. The third-order valence-corrected chi connectivity index (χ3v) is 4.41. The van der Waals surface area contributed by atoms with Crippen LogP contribution in [-0.2, 0) is 11.3 Å². The maximum Gasteiger partial charge on any atom is 0.251 e. The number of rotatable bonds is 6. The van der Waals surface area contributed by atoms with Crippen molar-refractivity contribution < 1.29 is 14.3 Å². The van der Waals surface area contributed by atoms with Gasteiger partial charge >= 0.3 is 0 Å². The standard InChI is InChI=1S/C20H21N3O3/c24-20(21-12-18-7-4-10-25-18)15-5-3-6-17(11-15)26-14-16-13-23-9-2-1-8-19(23)22-16/h1-3,5-6,8-9,11,13,18H,4,7,10,12,14H2,(H,21,24)/t18-/m0/s1. The molecule has 3 aromatic rings. The molecule has 0 unspecified atom stereocenters. The smallest absolute Gasteiger partial charge is 0.251 e. The molecule has 1 atom stereocenters. The second kappa shape index (κ2) is 7.58. The highest BCUT2D eigenvalue weighted by atomic mass is 16.5. The van der Waals surface area contributed by atoms with Gasteiger partial charge in [0.25, 0.3) is 5.91 Å². The number of carbonyl (C=O) groups is 1. The van der Waals surface area contributed by atoms with Gasteiger partial charge in [0.05, 0.1) is 11.8 Å².